The average Bonchev–Trinajstić information content (AvgIpc) is 2.93. The van der Waals surface area contributed by atoms with Crippen LogP contribution in [0.25, 0.3) is 10.1 Å². The average molecular weight is 258 g/mol. The van der Waals surface area contributed by atoms with E-state index in [1.165, 1.54) is 4.70 Å². The maximum atomic E-state index is 12.3. The summed E-state index contributed by atoms with van der Waals surface area (Å²) in [7, 11) is 0. The fourth-order valence-corrected chi connectivity index (χ4v) is 3.56. The van der Waals surface area contributed by atoms with E-state index in [0.29, 0.717) is 0 Å². The maximum absolute atomic E-state index is 12.3. The van der Waals surface area contributed by atoms with Gasteiger partial charge in [0.2, 0.25) is 5.78 Å². The zero-order valence-electron chi connectivity index (χ0n) is 9.27. The van der Waals surface area contributed by atoms with E-state index in [1.807, 2.05) is 42.6 Å². The molecular formula is C14H10OS2. The lowest BCUT2D eigenvalue weighted by atomic mass is 10.1. The highest BCUT2D eigenvalue weighted by atomic mass is 32.1. The van der Waals surface area contributed by atoms with Gasteiger partial charge in [-0.1, -0.05) is 18.2 Å². The molecule has 0 N–H and O–H groups in total. The SMILES string of the molecule is Cc1sccc1C(=O)c1cc2ccccc2s1. The van der Waals surface area contributed by atoms with Crippen molar-refractivity contribution in [3.63, 3.8) is 0 Å². The van der Waals surface area contributed by atoms with Crippen LogP contribution in [0.4, 0.5) is 0 Å². The molecule has 0 aliphatic heterocycles. The van der Waals surface area contributed by atoms with E-state index in [1.54, 1.807) is 22.7 Å². The van der Waals surface area contributed by atoms with Crippen molar-refractivity contribution in [1.29, 1.82) is 0 Å². The van der Waals surface area contributed by atoms with Crippen LogP contribution in [0.5, 0.6) is 0 Å². The third-order valence-electron chi connectivity index (χ3n) is 2.75. The number of aryl methyl sites for hydroxylation is 1. The summed E-state index contributed by atoms with van der Waals surface area (Å²) in [5.74, 6) is 0.143. The second-order valence-corrected chi connectivity index (χ2v) is 6.07. The highest BCUT2D eigenvalue weighted by Gasteiger charge is 2.15. The Morgan fingerprint density at radius 1 is 1.18 bits per heavy atom. The molecule has 0 spiro atoms. The first-order valence-corrected chi connectivity index (χ1v) is 7.03. The summed E-state index contributed by atoms with van der Waals surface area (Å²) in [6.45, 7) is 1.99. The van der Waals surface area contributed by atoms with E-state index in [4.69, 9.17) is 0 Å². The summed E-state index contributed by atoms with van der Waals surface area (Å²) >= 11 is 3.19. The second-order valence-electron chi connectivity index (χ2n) is 3.87. The molecule has 17 heavy (non-hydrogen) atoms. The minimum absolute atomic E-state index is 0.143. The number of carbonyl (C=O) groups excluding carboxylic acids is 1. The molecule has 1 nitrogen and oxygen atoms in total. The molecule has 0 amide bonds. The van der Waals surface area contributed by atoms with Gasteiger partial charge in [-0.15, -0.1) is 22.7 Å². The predicted octanol–water partition coefficient (Wildman–Crippen LogP) is 4.50. The molecule has 0 saturated heterocycles. The number of carbonyl (C=O) groups is 1. The van der Waals surface area contributed by atoms with E-state index in [2.05, 4.69) is 6.07 Å². The van der Waals surface area contributed by atoms with E-state index < -0.39 is 0 Å². The Labute approximate surface area is 107 Å². The number of ketones is 1. The normalized spacial score (nSPS) is 10.9. The molecule has 0 radical (unpaired) electrons. The molecule has 0 unspecified atom stereocenters. The minimum atomic E-state index is 0.143. The fourth-order valence-electron chi connectivity index (χ4n) is 1.85. The van der Waals surface area contributed by atoms with E-state index >= 15 is 0 Å². The molecule has 0 aliphatic carbocycles. The van der Waals surface area contributed by atoms with E-state index in [-0.39, 0.29) is 5.78 Å². The third-order valence-corrected chi connectivity index (χ3v) is 4.71. The van der Waals surface area contributed by atoms with Gasteiger partial charge in [0.1, 0.15) is 0 Å². The van der Waals surface area contributed by atoms with E-state index in [9.17, 15) is 4.79 Å². The second kappa shape index (κ2) is 4.09. The molecule has 3 aromatic rings. The van der Waals surface area contributed by atoms with Crippen LogP contribution in [0, 0.1) is 6.92 Å². The smallest absolute Gasteiger partial charge is 0.204 e. The first kappa shape index (κ1) is 10.7. The number of hydrogen-bond donors (Lipinski definition) is 0. The quantitative estimate of drug-likeness (QED) is 0.618. The van der Waals surface area contributed by atoms with Crippen LogP contribution >= 0.6 is 22.7 Å². The van der Waals surface area contributed by atoms with Gasteiger partial charge in [0, 0.05) is 15.1 Å². The van der Waals surface area contributed by atoms with Crippen molar-refractivity contribution in [3.05, 3.63) is 57.1 Å². The molecule has 0 aliphatic rings. The lowest BCUT2D eigenvalue weighted by Gasteiger charge is -1.94. The summed E-state index contributed by atoms with van der Waals surface area (Å²) < 4.78 is 1.17. The lowest BCUT2D eigenvalue weighted by Crippen LogP contribution is -1.97. The van der Waals surface area contributed by atoms with Crippen LogP contribution in [0.2, 0.25) is 0 Å². The first-order chi connectivity index (χ1) is 8.25. The number of thiophene rings is 2. The molecule has 0 atom stereocenters. The van der Waals surface area contributed by atoms with Crippen molar-refractivity contribution in [3.8, 4) is 0 Å². The summed E-state index contributed by atoms with van der Waals surface area (Å²) in [4.78, 5) is 14.2. The summed E-state index contributed by atoms with van der Waals surface area (Å²) in [5.41, 5.74) is 0.835. The van der Waals surface area contributed by atoms with Crippen molar-refractivity contribution < 1.29 is 4.79 Å². The van der Waals surface area contributed by atoms with Crippen molar-refractivity contribution in [2.75, 3.05) is 0 Å². The maximum Gasteiger partial charge on any atom is 0.204 e. The van der Waals surface area contributed by atoms with Crippen molar-refractivity contribution in [2.45, 2.75) is 6.92 Å². The van der Waals surface area contributed by atoms with Crippen molar-refractivity contribution in [2.24, 2.45) is 0 Å². The molecule has 3 heteroatoms. The summed E-state index contributed by atoms with van der Waals surface area (Å²) in [6.07, 6.45) is 0. The van der Waals surface area contributed by atoms with Crippen LogP contribution in [-0.2, 0) is 0 Å². The van der Waals surface area contributed by atoms with Gasteiger partial charge in [-0.25, -0.2) is 0 Å². The van der Waals surface area contributed by atoms with Crippen LogP contribution in [0.3, 0.4) is 0 Å². The predicted molar refractivity (Wildman–Crippen MR) is 74.3 cm³/mol. The Kier molecular flexibility index (Phi) is 2.57. The minimum Gasteiger partial charge on any atom is -0.288 e. The molecule has 0 fully saturated rings. The van der Waals surface area contributed by atoms with Crippen molar-refractivity contribution in [1.82, 2.24) is 0 Å². The Hall–Kier alpha value is -1.45. The van der Waals surface area contributed by atoms with Gasteiger partial charge >= 0.3 is 0 Å². The molecule has 0 bridgehead atoms. The molecule has 2 heterocycles. The highest BCUT2D eigenvalue weighted by Crippen LogP contribution is 2.28. The zero-order valence-corrected chi connectivity index (χ0v) is 10.9. The number of benzene rings is 1. The fraction of sp³-hybridized carbons (Fsp3) is 0.0714. The molecule has 0 saturated carbocycles. The molecule has 3 rings (SSSR count). The Balaban J connectivity index is 2.10. The summed E-state index contributed by atoms with van der Waals surface area (Å²) in [5, 5.41) is 3.12. The Bertz CT molecular complexity index is 658. The van der Waals surface area contributed by atoms with Gasteiger partial charge < -0.3 is 0 Å². The van der Waals surface area contributed by atoms with Crippen LogP contribution < -0.4 is 0 Å². The Morgan fingerprint density at radius 3 is 2.71 bits per heavy atom. The van der Waals surface area contributed by atoms with Gasteiger partial charge in [-0.3, -0.25) is 4.79 Å². The van der Waals surface area contributed by atoms with Gasteiger partial charge in [0.15, 0.2) is 0 Å². The molecule has 84 valence electrons. The monoisotopic (exact) mass is 258 g/mol. The van der Waals surface area contributed by atoms with Gasteiger partial charge in [0.25, 0.3) is 0 Å². The number of rotatable bonds is 2. The molecular weight excluding hydrogens is 248 g/mol. The molecule has 1 aromatic carbocycles. The topological polar surface area (TPSA) is 17.1 Å². The first-order valence-electron chi connectivity index (χ1n) is 5.33. The third kappa shape index (κ3) is 1.81. The van der Waals surface area contributed by atoms with Crippen LogP contribution in [0.1, 0.15) is 20.1 Å². The largest absolute Gasteiger partial charge is 0.288 e. The molecule has 2 aromatic heterocycles. The number of hydrogen-bond acceptors (Lipinski definition) is 3. The lowest BCUT2D eigenvalue weighted by molar-refractivity contribution is 0.104. The highest BCUT2D eigenvalue weighted by molar-refractivity contribution is 7.21. The van der Waals surface area contributed by atoms with Crippen LogP contribution in [-0.4, -0.2) is 5.78 Å². The van der Waals surface area contributed by atoms with E-state index in [0.717, 1.165) is 20.7 Å². The zero-order chi connectivity index (χ0) is 11.8. The van der Waals surface area contributed by atoms with Gasteiger partial charge in [-0.2, -0.15) is 0 Å². The van der Waals surface area contributed by atoms with Crippen molar-refractivity contribution >= 4 is 38.5 Å². The Morgan fingerprint density at radius 2 is 2.00 bits per heavy atom. The van der Waals surface area contributed by atoms with Gasteiger partial charge in [-0.05, 0) is 35.9 Å². The standard InChI is InChI=1S/C14H10OS2/c1-9-11(6-7-16-9)14(15)13-8-10-4-2-3-5-12(10)17-13/h2-8H,1H3. The summed E-state index contributed by atoms with van der Waals surface area (Å²) in [6, 6.07) is 12.0. The van der Waals surface area contributed by atoms with Gasteiger partial charge in [0.05, 0.1) is 4.88 Å². The van der Waals surface area contributed by atoms with Crippen LogP contribution in [0.15, 0.2) is 41.8 Å². The number of fused-ring (bicyclic) bond motifs is 1.